The topological polar surface area (TPSA) is 50.7 Å². The van der Waals surface area contributed by atoms with Gasteiger partial charge in [0.15, 0.2) is 6.61 Å². The highest BCUT2D eigenvalue weighted by Crippen LogP contribution is 2.28. The predicted molar refractivity (Wildman–Crippen MR) is 101 cm³/mol. The monoisotopic (exact) mass is 408 g/mol. The number of halogens is 2. The van der Waals surface area contributed by atoms with Gasteiger partial charge in [0.05, 0.1) is 10.7 Å². The van der Waals surface area contributed by atoms with Crippen LogP contribution in [-0.2, 0) is 4.79 Å². The third kappa shape index (κ3) is 5.65. The number of ether oxygens (including phenoxy) is 1. The smallest absolute Gasteiger partial charge is 0.277 e. The summed E-state index contributed by atoms with van der Waals surface area (Å²) in [5, 5.41) is 4.54. The zero-order chi connectivity index (χ0) is 17.5. The second-order valence-electron chi connectivity index (χ2n) is 5.48. The summed E-state index contributed by atoms with van der Waals surface area (Å²) in [5.41, 5.74) is 4.46. The number of hydrogen-bond acceptors (Lipinski definition) is 3. The SMILES string of the molecule is CC(C)c1ccc(OCC(=O)NN=Cc2ccc(Cl)cc2)c(Br)c1. The summed E-state index contributed by atoms with van der Waals surface area (Å²) < 4.78 is 6.33. The van der Waals surface area contributed by atoms with Gasteiger partial charge in [-0.2, -0.15) is 5.10 Å². The van der Waals surface area contributed by atoms with Gasteiger partial charge in [-0.25, -0.2) is 5.43 Å². The van der Waals surface area contributed by atoms with Crippen LogP contribution in [0.1, 0.15) is 30.9 Å². The summed E-state index contributed by atoms with van der Waals surface area (Å²) in [4.78, 5) is 11.8. The average Bonchev–Trinajstić information content (AvgIpc) is 2.55. The highest BCUT2D eigenvalue weighted by molar-refractivity contribution is 9.10. The normalized spacial score (nSPS) is 11.0. The van der Waals surface area contributed by atoms with E-state index in [0.717, 1.165) is 10.0 Å². The number of nitrogens with zero attached hydrogens (tertiary/aromatic N) is 1. The van der Waals surface area contributed by atoms with Gasteiger partial charge < -0.3 is 4.74 Å². The molecule has 0 bridgehead atoms. The molecule has 0 fully saturated rings. The van der Waals surface area contributed by atoms with Crippen molar-refractivity contribution in [3.8, 4) is 5.75 Å². The van der Waals surface area contributed by atoms with E-state index >= 15 is 0 Å². The Morgan fingerprint density at radius 1 is 1.29 bits per heavy atom. The van der Waals surface area contributed by atoms with Crippen LogP contribution in [0.25, 0.3) is 0 Å². The zero-order valence-electron chi connectivity index (χ0n) is 13.4. The summed E-state index contributed by atoms with van der Waals surface area (Å²) in [7, 11) is 0. The van der Waals surface area contributed by atoms with Crippen molar-refractivity contribution in [3.63, 3.8) is 0 Å². The molecule has 0 saturated carbocycles. The Labute approximate surface area is 155 Å². The van der Waals surface area contributed by atoms with Crippen LogP contribution in [0.15, 0.2) is 52.0 Å². The third-order valence-electron chi connectivity index (χ3n) is 3.25. The molecule has 0 aromatic heterocycles. The van der Waals surface area contributed by atoms with Crippen molar-refractivity contribution in [3.05, 3.63) is 63.1 Å². The van der Waals surface area contributed by atoms with Crippen LogP contribution in [0, 0.1) is 0 Å². The van der Waals surface area contributed by atoms with E-state index < -0.39 is 0 Å². The Kier molecular flexibility index (Phi) is 6.82. The standard InChI is InChI=1S/C18H18BrClN2O2/c1-12(2)14-5-8-17(16(19)9-14)24-11-18(23)22-21-10-13-3-6-15(20)7-4-13/h3-10,12H,11H2,1-2H3,(H,22,23). The van der Waals surface area contributed by atoms with Crippen molar-refractivity contribution in [1.29, 1.82) is 0 Å². The van der Waals surface area contributed by atoms with Crippen LogP contribution in [0.3, 0.4) is 0 Å². The van der Waals surface area contributed by atoms with E-state index in [9.17, 15) is 4.79 Å². The molecule has 0 saturated heterocycles. The van der Waals surface area contributed by atoms with Crippen molar-refractivity contribution >= 4 is 39.7 Å². The minimum Gasteiger partial charge on any atom is -0.483 e. The maximum Gasteiger partial charge on any atom is 0.277 e. The van der Waals surface area contributed by atoms with E-state index in [1.165, 1.54) is 5.56 Å². The van der Waals surface area contributed by atoms with Gasteiger partial charge in [0.2, 0.25) is 0 Å². The van der Waals surface area contributed by atoms with Crippen molar-refractivity contribution in [2.75, 3.05) is 6.61 Å². The van der Waals surface area contributed by atoms with Crippen molar-refractivity contribution < 1.29 is 9.53 Å². The third-order valence-corrected chi connectivity index (χ3v) is 4.13. The molecule has 1 amide bonds. The van der Waals surface area contributed by atoms with Gasteiger partial charge in [0.25, 0.3) is 5.91 Å². The first-order valence-electron chi connectivity index (χ1n) is 7.45. The first-order valence-corrected chi connectivity index (χ1v) is 8.62. The van der Waals surface area contributed by atoms with E-state index in [1.54, 1.807) is 18.3 Å². The number of benzene rings is 2. The van der Waals surface area contributed by atoms with Gasteiger partial charge in [-0.05, 0) is 57.2 Å². The Bertz CT molecular complexity index is 730. The predicted octanol–water partition coefficient (Wildman–Crippen LogP) is 4.76. The summed E-state index contributed by atoms with van der Waals surface area (Å²) >= 11 is 9.26. The molecule has 0 radical (unpaired) electrons. The minimum absolute atomic E-state index is 0.114. The van der Waals surface area contributed by atoms with Gasteiger partial charge in [-0.3, -0.25) is 4.79 Å². The zero-order valence-corrected chi connectivity index (χ0v) is 15.8. The fourth-order valence-corrected chi connectivity index (χ4v) is 2.53. The molecule has 0 atom stereocenters. The molecule has 0 aliphatic heterocycles. The summed E-state index contributed by atoms with van der Waals surface area (Å²) in [6, 6.07) is 13.0. The average molecular weight is 410 g/mol. The van der Waals surface area contributed by atoms with Crippen LogP contribution in [0.2, 0.25) is 5.02 Å². The lowest BCUT2D eigenvalue weighted by atomic mass is 10.0. The molecule has 126 valence electrons. The van der Waals surface area contributed by atoms with E-state index in [0.29, 0.717) is 16.7 Å². The molecule has 6 heteroatoms. The lowest BCUT2D eigenvalue weighted by molar-refractivity contribution is -0.123. The van der Waals surface area contributed by atoms with E-state index in [2.05, 4.69) is 40.3 Å². The van der Waals surface area contributed by atoms with Crippen LogP contribution in [-0.4, -0.2) is 18.7 Å². The molecule has 2 rings (SSSR count). The summed E-state index contributed by atoms with van der Waals surface area (Å²) in [6.07, 6.45) is 1.54. The maximum atomic E-state index is 11.8. The molecular weight excluding hydrogens is 392 g/mol. The molecule has 0 unspecified atom stereocenters. The van der Waals surface area contributed by atoms with Gasteiger partial charge in [0.1, 0.15) is 5.75 Å². The molecule has 2 aromatic rings. The molecule has 0 spiro atoms. The van der Waals surface area contributed by atoms with Crippen LogP contribution >= 0.6 is 27.5 Å². The highest BCUT2D eigenvalue weighted by atomic mass is 79.9. The number of rotatable bonds is 6. The number of nitrogens with one attached hydrogen (secondary N) is 1. The number of carbonyl (C=O) groups is 1. The second-order valence-corrected chi connectivity index (χ2v) is 6.77. The van der Waals surface area contributed by atoms with Gasteiger partial charge >= 0.3 is 0 Å². The molecule has 0 heterocycles. The molecular formula is C18H18BrClN2O2. The summed E-state index contributed by atoms with van der Waals surface area (Å²) in [6.45, 7) is 4.13. The first-order chi connectivity index (χ1) is 11.5. The maximum absolute atomic E-state index is 11.8. The second kappa shape index (κ2) is 8.85. The lowest BCUT2D eigenvalue weighted by Gasteiger charge is -2.10. The molecule has 1 N–H and O–H groups in total. The summed E-state index contributed by atoms with van der Waals surface area (Å²) in [5.74, 6) is 0.720. The highest BCUT2D eigenvalue weighted by Gasteiger charge is 2.07. The van der Waals surface area contributed by atoms with Gasteiger partial charge in [-0.15, -0.1) is 0 Å². The quantitative estimate of drug-likeness (QED) is 0.552. The van der Waals surface area contributed by atoms with Crippen molar-refractivity contribution in [2.45, 2.75) is 19.8 Å². The van der Waals surface area contributed by atoms with Crippen LogP contribution in [0.4, 0.5) is 0 Å². The Morgan fingerprint density at radius 2 is 2.00 bits per heavy atom. The van der Waals surface area contributed by atoms with Gasteiger partial charge in [-0.1, -0.05) is 43.6 Å². The van der Waals surface area contributed by atoms with Crippen molar-refractivity contribution in [1.82, 2.24) is 5.43 Å². The largest absolute Gasteiger partial charge is 0.483 e. The van der Waals surface area contributed by atoms with Crippen molar-refractivity contribution in [2.24, 2.45) is 5.10 Å². The van der Waals surface area contributed by atoms with E-state index in [-0.39, 0.29) is 12.5 Å². The Morgan fingerprint density at radius 3 is 2.62 bits per heavy atom. The Balaban J connectivity index is 1.84. The van der Waals surface area contributed by atoms with Gasteiger partial charge in [0, 0.05) is 5.02 Å². The molecule has 4 nitrogen and oxygen atoms in total. The van der Waals surface area contributed by atoms with Crippen LogP contribution < -0.4 is 10.2 Å². The van der Waals surface area contributed by atoms with E-state index in [1.807, 2.05) is 30.3 Å². The molecule has 2 aromatic carbocycles. The lowest BCUT2D eigenvalue weighted by Crippen LogP contribution is -2.24. The molecule has 0 aliphatic carbocycles. The Hall–Kier alpha value is -1.85. The van der Waals surface area contributed by atoms with Crippen LogP contribution in [0.5, 0.6) is 5.75 Å². The number of carbonyl (C=O) groups excluding carboxylic acids is 1. The number of hydrazone groups is 1. The minimum atomic E-state index is -0.333. The molecule has 24 heavy (non-hydrogen) atoms. The fourth-order valence-electron chi connectivity index (χ4n) is 1.90. The van der Waals surface area contributed by atoms with E-state index in [4.69, 9.17) is 16.3 Å². The molecule has 0 aliphatic rings. The fraction of sp³-hybridized carbons (Fsp3) is 0.222. The first kappa shape index (κ1) is 18.5. The number of hydrogen-bond donors (Lipinski definition) is 1. The number of amides is 1.